The molecule has 0 spiro atoms. The number of furan rings is 1. The SMILES string of the molecule is CC(C)C(=O)c1cc2nc(-c3ccc(Cl)c(F)c3)cc(C(C)(C)C)c2o1.CCCC.CCCC(C)(C)C.Cc1cccc(=O)[nH]1. The highest BCUT2D eigenvalue weighted by Crippen LogP contribution is 2.35. The Bertz CT molecular complexity index is 1550. The van der Waals surface area contributed by atoms with Crippen molar-refractivity contribution in [2.75, 3.05) is 0 Å². The Morgan fingerprint density at radius 1 is 0.956 bits per heavy atom. The predicted octanol–water partition coefficient (Wildman–Crippen LogP) is 11.7. The molecule has 4 rings (SSSR count). The number of pyridine rings is 2. The summed E-state index contributed by atoms with van der Waals surface area (Å²) in [5, 5.41) is 0.0685. The Morgan fingerprint density at radius 3 is 1.98 bits per heavy atom. The fraction of sp³-hybridized carbons (Fsp3) is 0.500. The smallest absolute Gasteiger partial charge is 0.248 e. The van der Waals surface area contributed by atoms with E-state index in [0.29, 0.717) is 33.5 Å². The number of hydrogen-bond donors (Lipinski definition) is 1. The molecule has 0 amide bonds. The first-order valence-corrected chi connectivity index (χ1v) is 16.3. The third-order valence-electron chi connectivity index (χ3n) is 6.68. The molecule has 1 N–H and O–H groups in total. The molecule has 45 heavy (non-hydrogen) atoms. The number of nitrogens with one attached hydrogen (secondary N) is 1. The number of rotatable bonds is 5. The number of aromatic nitrogens is 2. The molecule has 0 fully saturated rings. The second-order valence-corrected chi connectivity index (χ2v) is 14.2. The number of benzene rings is 1. The summed E-state index contributed by atoms with van der Waals surface area (Å²) in [6.07, 6.45) is 5.29. The predicted molar refractivity (Wildman–Crippen MR) is 189 cm³/mol. The minimum Gasteiger partial charge on any atom is -0.451 e. The Hall–Kier alpha value is -3.25. The summed E-state index contributed by atoms with van der Waals surface area (Å²) in [6.45, 7) is 25.1. The minimum atomic E-state index is -0.494. The van der Waals surface area contributed by atoms with Crippen molar-refractivity contribution in [3.8, 4) is 11.3 Å². The first kappa shape index (κ1) is 39.8. The summed E-state index contributed by atoms with van der Waals surface area (Å²) in [5.74, 6) is -0.431. The fourth-order valence-corrected chi connectivity index (χ4v) is 4.21. The third-order valence-corrected chi connectivity index (χ3v) is 6.99. The molecule has 0 aliphatic rings. The van der Waals surface area contributed by atoms with E-state index in [1.54, 1.807) is 18.2 Å². The molecule has 1 aromatic carbocycles. The van der Waals surface area contributed by atoms with Gasteiger partial charge in [0.1, 0.15) is 11.3 Å². The normalized spacial score (nSPS) is 11.2. The molecule has 0 bridgehead atoms. The molecule has 0 aliphatic carbocycles. The van der Waals surface area contributed by atoms with Gasteiger partial charge in [-0.25, -0.2) is 9.37 Å². The van der Waals surface area contributed by atoms with Crippen LogP contribution in [0.25, 0.3) is 22.4 Å². The van der Waals surface area contributed by atoms with E-state index in [1.807, 2.05) is 32.9 Å². The zero-order valence-electron chi connectivity index (χ0n) is 29.5. The van der Waals surface area contributed by atoms with E-state index in [1.165, 1.54) is 43.9 Å². The number of ketones is 1. The van der Waals surface area contributed by atoms with Crippen molar-refractivity contribution in [3.63, 3.8) is 0 Å². The molecule has 0 unspecified atom stereocenters. The molecular formula is C38H54ClFN2O3. The molecular weight excluding hydrogens is 587 g/mol. The van der Waals surface area contributed by atoms with Gasteiger partial charge in [0.15, 0.2) is 11.3 Å². The zero-order chi connectivity index (χ0) is 34.5. The lowest BCUT2D eigenvalue weighted by atomic mass is 9.86. The first-order valence-electron chi connectivity index (χ1n) is 15.9. The number of Topliss-reactive ketones (excluding diaryl/α,β-unsaturated/α-hetero) is 1. The van der Waals surface area contributed by atoms with Gasteiger partial charge in [-0.05, 0) is 48.4 Å². The minimum absolute atomic E-state index is 0.0370. The number of hydrogen-bond acceptors (Lipinski definition) is 4. The number of aryl methyl sites for hydroxylation is 1. The maximum Gasteiger partial charge on any atom is 0.248 e. The topological polar surface area (TPSA) is 76.0 Å². The molecule has 5 nitrogen and oxygen atoms in total. The number of H-pyrrole nitrogens is 1. The van der Waals surface area contributed by atoms with Crippen LogP contribution < -0.4 is 5.56 Å². The molecule has 0 aliphatic heterocycles. The van der Waals surface area contributed by atoms with Gasteiger partial charge in [-0.1, -0.05) is 119 Å². The van der Waals surface area contributed by atoms with E-state index < -0.39 is 5.82 Å². The van der Waals surface area contributed by atoms with Crippen LogP contribution in [-0.4, -0.2) is 15.8 Å². The van der Waals surface area contributed by atoms with Gasteiger partial charge in [0.2, 0.25) is 11.3 Å². The first-order chi connectivity index (χ1) is 20.8. The zero-order valence-corrected chi connectivity index (χ0v) is 30.2. The lowest BCUT2D eigenvalue weighted by Crippen LogP contribution is -2.12. The van der Waals surface area contributed by atoms with Gasteiger partial charge in [0.25, 0.3) is 0 Å². The number of aromatic amines is 1. The Balaban J connectivity index is 0.000000432. The van der Waals surface area contributed by atoms with Crippen molar-refractivity contribution in [2.24, 2.45) is 11.3 Å². The van der Waals surface area contributed by atoms with E-state index in [2.05, 4.69) is 72.3 Å². The van der Waals surface area contributed by atoms with Crippen LogP contribution in [-0.2, 0) is 5.41 Å². The summed E-state index contributed by atoms with van der Waals surface area (Å²) in [5.41, 5.74) is 4.51. The lowest BCUT2D eigenvalue weighted by Gasteiger charge is -2.20. The molecule has 7 heteroatoms. The van der Waals surface area contributed by atoms with Crippen molar-refractivity contribution in [1.29, 1.82) is 0 Å². The molecule has 3 aromatic heterocycles. The van der Waals surface area contributed by atoms with Crippen LogP contribution in [0.4, 0.5) is 4.39 Å². The molecule has 0 atom stereocenters. The number of unbranched alkanes of at least 4 members (excludes halogenated alkanes) is 1. The van der Waals surface area contributed by atoms with Crippen molar-refractivity contribution in [1.82, 2.24) is 9.97 Å². The molecule has 248 valence electrons. The van der Waals surface area contributed by atoms with Crippen LogP contribution in [0, 0.1) is 24.1 Å². The number of halogens is 2. The summed E-state index contributed by atoms with van der Waals surface area (Å²) in [4.78, 5) is 30.0. The van der Waals surface area contributed by atoms with Crippen LogP contribution in [0.2, 0.25) is 5.02 Å². The standard InChI is InChI=1S/C21H21ClFNO2.C7H16.C6H7NO.C4H10/c1-11(2)19(25)18-10-17-20(26-18)13(21(3,4)5)9-16(24-17)12-6-7-14(22)15(23)8-12;1-5-6-7(2,3)4;1-5-3-2-4-6(8)7-5;1-3-4-2/h6-11H,1-5H3;5-6H2,1-4H3;2-4H,1H3,(H,7,8);3-4H2,1-2H3. The largest absolute Gasteiger partial charge is 0.451 e. The van der Waals surface area contributed by atoms with Crippen molar-refractivity contribution in [3.05, 3.63) is 86.7 Å². The second kappa shape index (κ2) is 18.0. The van der Waals surface area contributed by atoms with Gasteiger partial charge in [-0.3, -0.25) is 9.59 Å². The Morgan fingerprint density at radius 2 is 1.58 bits per heavy atom. The van der Waals surface area contributed by atoms with Gasteiger partial charge in [-0.2, -0.15) is 0 Å². The average Bonchev–Trinajstić information content (AvgIpc) is 3.37. The van der Waals surface area contributed by atoms with Crippen LogP contribution in [0.5, 0.6) is 0 Å². The summed E-state index contributed by atoms with van der Waals surface area (Å²) in [7, 11) is 0. The van der Waals surface area contributed by atoms with E-state index in [-0.39, 0.29) is 27.7 Å². The Labute approximate surface area is 275 Å². The second-order valence-electron chi connectivity index (χ2n) is 13.8. The monoisotopic (exact) mass is 640 g/mol. The number of carbonyl (C=O) groups excluding carboxylic acids is 1. The highest BCUT2D eigenvalue weighted by atomic mass is 35.5. The molecule has 0 saturated carbocycles. The average molecular weight is 641 g/mol. The molecule has 4 aromatic rings. The van der Waals surface area contributed by atoms with E-state index in [4.69, 9.17) is 16.0 Å². The fourth-order valence-electron chi connectivity index (χ4n) is 4.10. The number of fused-ring (bicyclic) bond motifs is 1. The van der Waals surface area contributed by atoms with Crippen molar-refractivity contribution in [2.45, 2.75) is 114 Å². The highest BCUT2D eigenvalue weighted by molar-refractivity contribution is 6.30. The third kappa shape index (κ3) is 13.7. The molecule has 0 radical (unpaired) electrons. The highest BCUT2D eigenvalue weighted by Gasteiger charge is 2.25. The van der Waals surface area contributed by atoms with Gasteiger partial charge in [-0.15, -0.1) is 0 Å². The quantitative estimate of drug-likeness (QED) is 0.220. The number of carbonyl (C=O) groups is 1. The number of nitrogens with zero attached hydrogens (tertiary/aromatic N) is 1. The van der Waals surface area contributed by atoms with Gasteiger partial charge in [0, 0.05) is 34.9 Å². The summed E-state index contributed by atoms with van der Waals surface area (Å²) >= 11 is 5.79. The summed E-state index contributed by atoms with van der Waals surface area (Å²) in [6, 6.07) is 13.2. The molecule has 0 saturated heterocycles. The van der Waals surface area contributed by atoms with Gasteiger partial charge in [0.05, 0.1) is 10.7 Å². The van der Waals surface area contributed by atoms with Crippen LogP contribution in [0.3, 0.4) is 0 Å². The van der Waals surface area contributed by atoms with Crippen LogP contribution in [0.15, 0.2) is 57.7 Å². The molecule has 3 heterocycles. The maximum absolute atomic E-state index is 13.9. The maximum atomic E-state index is 13.9. The summed E-state index contributed by atoms with van der Waals surface area (Å²) < 4.78 is 19.8. The van der Waals surface area contributed by atoms with E-state index in [0.717, 1.165) is 11.3 Å². The lowest BCUT2D eigenvalue weighted by molar-refractivity contribution is 0.0913. The van der Waals surface area contributed by atoms with E-state index in [9.17, 15) is 14.0 Å². The van der Waals surface area contributed by atoms with Crippen LogP contribution in [0.1, 0.15) is 124 Å². The van der Waals surface area contributed by atoms with E-state index >= 15 is 0 Å². The Kier molecular flexibility index (Phi) is 15.9. The van der Waals surface area contributed by atoms with Gasteiger partial charge < -0.3 is 9.40 Å². The van der Waals surface area contributed by atoms with Gasteiger partial charge >= 0.3 is 0 Å². The van der Waals surface area contributed by atoms with Crippen molar-refractivity contribution < 1.29 is 13.6 Å². The van der Waals surface area contributed by atoms with Crippen LogP contribution >= 0.6 is 11.6 Å². The van der Waals surface area contributed by atoms with Crippen molar-refractivity contribution >= 4 is 28.5 Å².